The Hall–Kier alpha value is -1.95. The van der Waals surface area contributed by atoms with E-state index in [9.17, 15) is 4.79 Å². The number of aryl methyl sites for hydroxylation is 1. The normalized spacial score (nSPS) is 9.12. The molecule has 90 valence electrons. The van der Waals surface area contributed by atoms with Crippen LogP contribution >= 0.6 is 0 Å². The maximum atomic E-state index is 10.6. The Kier molecular flexibility index (Phi) is 5.09. The van der Waals surface area contributed by atoms with E-state index >= 15 is 0 Å². The van der Waals surface area contributed by atoms with Crippen LogP contribution in [0.5, 0.6) is 5.75 Å². The lowest BCUT2D eigenvalue weighted by Crippen LogP contribution is -2.20. The largest absolute Gasteiger partial charge is 0.495 e. The van der Waals surface area contributed by atoms with E-state index in [2.05, 4.69) is 17.2 Å². The predicted molar refractivity (Wildman–Crippen MR) is 67.9 cm³/mol. The number of ether oxygens (including phenoxy) is 1. The Balaban J connectivity index is 2.64. The third kappa shape index (κ3) is 4.60. The van der Waals surface area contributed by atoms with Gasteiger partial charge in [0.1, 0.15) is 5.75 Å². The van der Waals surface area contributed by atoms with Crippen molar-refractivity contribution < 1.29 is 9.53 Å². The van der Waals surface area contributed by atoms with Crippen molar-refractivity contribution in [3.63, 3.8) is 0 Å². The fraction of sp³-hybridized carbons (Fsp3) is 0.357. The zero-order valence-electron chi connectivity index (χ0n) is 10.5. The molecule has 3 heteroatoms. The van der Waals surface area contributed by atoms with Crippen LogP contribution in [-0.4, -0.2) is 19.6 Å². The van der Waals surface area contributed by atoms with Crippen molar-refractivity contribution in [2.45, 2.75) is 20.3 Å². The first-order valence-corrected chi connectivity index (χ1v) is 5.51. The molecule has 1 amide bonds. The van der Waals surface area contributed by atoms with E-state index in [4.69, 9.17) is 4.74 Å². The SMILES string of the molecule is COc1ccc(C)cc1C#CCCNC(C)=O. The van der Waals surface area contributed by atoms with Crippen molar-refractivity contribution in [2.75, 3.05) is 13.7 Å². The highest BCUT2D eigenvalue weighted by atomic mass is 16.5. The molecule has 0 bridgehead atoms. The van der Waals surface area contributed by atoms with Gasteiger partial charge in [-0.15, -0.1) is 0 Å². The molecule has 0 unspecified atom stereocenters. The first-order valence-electron chi connectivity index (χ1n) is 5.51. The summed E-state index contributed by atoms with van der Waals surface area (Å²) in [6, 6.07) is 5.89. The van der Waals surface area contributed by atoms with Crippen LogP contribution in [0.1, 0.15) is 24.5 Å². The van der Waals surface area contributed by atoms with Crippen LogP contribution in [0, 0.1) is 18.8 Å². The van der Waals surface area contributed by atoms with Gasteiger partial charge < -0.3 is 10.1 Å². The molecule has 3 nitrogen and oxygen atoms in total. The van der Waals surface area contributed by atoms with Crippen molar-refractivity contribution in [1.29, 1.82) is 0 Å². The lowest BCUT2D eigenvalue weighted by atomic mass is 10.1. The topological polar surface area (TPSA) is 38.3 Å². The van der Waals surface area contributed by atoms with Crippen molar-refractivity contribution in [1.82, 2.24) is 5.32 Å². The fourth-order valence-electron chi connectivity index (χ4n) is 1.38. The van der Waals surface area contributed by atoms with Crippen molar-refractivity contribution in [3.05, 3.63) is 29.3 Å². The second kappa shape index (κ2) is 6.59. The zero-order valence-corrected chi connectivity index (χ0v) is 10.5. The molecular formula is C14H17NO2. The number of carbonyl (C=O) groups excluding carboxylic acids is 1. The van der Waals surface area contributed by atoms with Gasteiger partial charge in [-0.2, -0.15) is 0 Å². The van der Waals surface area contributed by atoms with Gasteiger partial charge in [-0.1, -0.05) is 17.9 Å². The molecule has 1 rings (SSSR count). The minimum atomic E-state index is -0.0278. The van der Waals surface area contributed by atoms with Gasteiger partial charge in [0, 0.05) is 19.9 Å². The summed E-state index contributed by atoms with van der Waals surface area (Å²) in [5.74, 6) is 6.82. The minimum absolute atomic E-state index is 0.0278. The summed E-state index contributed by atoms with van der Waals surface area (Å²) in [5.41, 5.74) is 2.03. The van der Waals surface area contributed by atoms with Crippen LogP contribution in [0.25, 0.3) is 0 Å². The first kappa shape index (κ1) is 13.1. The van der Waals surface area contributed by atoms with Crippen LogP contribution in [0.3, 0.4) is 0 Å². The number of carbonyl (C=O) groups is 1. The van der Waals surface area contributed by atoms with E-state index in [1.807, 2.05) is 25.1 Å². The number of hydrogen-bond acceptors (Lipinski definition) is 2. The highest BCUT2D eigenvalue weighted by Crippen LogP contribution is 2.18. The molecular weight excluding hydrogens is 214 g/mol. The molecule has 0 spiro atoms. The molecule has 0 heterocycles. The molecule has 1 aromatic rings. The highest BCUT2D eigenvalue weighted by molar-refractivity contribution is 5.72. The van der Waals surface area contributed by atoms with Gasteiger partial charge in [-0.25, -0.2) is 0 Å². The standard InChI is InChI=1S/C14H17NO2/c1-11-7-8-14(17-3)13(10-11)6-4-5-9-15-12(2)16/h7-8,10H,5,9H2,1-3H3,(H,15,16). The summed E-state index contributed by atoms with van der Waals surface area (Å²) in [4.78, 5) is 10.6. The zero-order chi connectivity index (χ0) is 12.7. The average molecular weight is 231 g/mol. The maximum absolute atomic E-state index is 10.6. The molecule has 1 aromatic carbocycles. The fourth-order valence-corrected chi connectivity index (χ4v) is 1.38. The number of amides is 1. The van der Waals surface area contributed by atoms with E-state index in [1.165, 1.54) is 6.92 Å². The Morgan fingerprint density at radius 3 is 2.88 bits per heavy atom. The molecule has 0 aromatic heterocycles. The van der Waals surface area contributed by atoms with Crippen molar-refractivity contribution >= 4 is 5.91 Å². The molecule has 0 atom stereocenters. The van der Waals surface area contributed by atoms with Gasteiger partial charge in [0.15, 0.2) is 0 Å². The number of rotatable bonds is 3. The number of hydrogen-bond donors (Lipinski definition) is 1. The van der Waals surface area contributed by atoms with Gasteiger partial charge in [0.2, 0.25) is 5.91 Å². The first-order chi connectivity index (χ1) is 8.13. The summed E-state index contributed by atoms with van der Waals surface area (Å²) < 4.78 is 5.22. The second-order valence-corrected chi connectivity index (χ2v) is 3.74. The number of nitrogens with one attached hydrogen (secondary N) is 1. The summed E-state index contributed by atoms with van der Waals surface area (Å²) >= 11 is 0. The average Bonchev–Trinajstić information content (AvgIpc) is 2.28. The number of methoxy groups -OCH3 is 1. The third-order valence-electron chi connectivity index (χ3n) is 2.20. The van der Waals surface area contributed by atoms with Crippen LogP contribution < -0.4 is 10.1 Å². The lowest BCUT2D eigenvalue weighted by Gasteiger charge is -2.03. The molecule has 0 aliphatic carbocycles. The lowest BCUT2D eigenvalue weighted by molar-refractivity contribution is -0.118. The molecule has 1 N–H and O–H groups in total. The van der Waals surface area contributed by atoms with Crippen molar-refractivity contribution in [2.24, 2.45) is 0 Å². The summed E-state index contributed by atoms with van der Waals surface area (Å²) in [6.45, 7) is 4.09. The van der Waals surface area contributed by atoms with E-state index in [1.54, 1.807) is 7.11 Å². The Bertz CT molecular complexity index is 455. The van der Waals surface area contributed by atoms with Crippen LogP contribution in [0.4, 0.5) is 0 Å². The van der Waals surface area contributed by atoms with E-state index in [-0.39, 0.29) is 5.91 Å². The van der Waals surface area contributed by atoms with Gasteiger partial charge >= 0.3 is 0 Å². The summed E-state index contributed by atoms with van der Waals surface area (Å²) in [5, 5.41) is 2.70. The highest BCUT2D eigenvalue weighted by Gasteiger charge is 1.98. The molecule has 0 aliphatic heterocycles. The summed E-state index contributed by atoms with van der Waals surface area (Å²) in [6.07, 6.45) is 0.636. The van der Waals surface area contributed by atoms with E-state index in [0.717, 1.165) is 16.9 Å². The number of benzene rings is 1. The van der Waals surface area contributed by atoms with Crippen LogP contribution in [-0.2, 0) is 4.79 Å². The molecule has 0 radical (unpaired) electrons. The molecule has 17 heavy (non-hydrogen) atoms. The van der Waals surface area contributed by atoms with Gasteiger partial charge in [-0.05, 0) is 24.6 Å². The summed E-state index contributed by atoms with van der Waals surface area (Å²) in [7, 11) is 1.63. The minimum Gasteiger partial charge on any atom is -0.495 e. The third-order valence-corrected chi connectivity index (χ3v) is 2.20. The van der Waals surface area contributed by atoms with Gasteiger partial charge in [0.25, 0.3) is 0 Å². The Morgan fingerprint density at radius 2 is 2.24 bits per heavy atom. The second-order valence-electron chi connectivity index (χ2n) is 3.74. The van der Waals surface area contributed by atoms with Crippen molar-refractivity contribution in [3.8, 4) is 17.6 Å². The monoisotopic (exact) mass is 231 g/mol. The van der Waals surface area contributed by atoms with E-state index < -0.39 is 0 Å². The smallest absolute Gasteiger partial charge is 0.216 e. The van der Waals surface area contributed by atoms with Crippen LogP contribution in [0.15, 0.2) is 18.2 Å². The predicted octanol–water partition coefficient (Wildman–Crippen LogP) is 1.88. The molecule has 0 aliphatic rings. The molecule has 0 saturated carbocycles. The van der Waals surface area contributed by atoms with Crippen LogP contribution in [0.2, 0.25) is 0 Å². The Morgan fingerprint density at radius 1 is 1.47 bits per heavy atom. The molecule has 0 fully saturated rings. The van der Waals surface area contributed by atoms with Gasteiger partial charge in [0.05, 0.1) is 12.7 Å². The quantitative estimate of drug-likeness (QED) is 0.637. The van der Waals surface area contributed by atoms with Gasteiger partial charge in [-0.3, -0.25) is 4.79 Å². The van der Waals surface area contributed by atoms with E-state index in [0.29, 0.717) is 13.0 Å². The maximum Gasteiger partial charge on any atom is 0.216 e. The molecule has 0 saturated heterocycles. The Labute approximate surface area is 102 Å².